The number of aryl methyl sites for hydroxylation is 1. The number of nitrogens with zero attached hydrogens (tertiary/aromatic N) is 6. The van der Waals surface area contributed by atoms with Crippen LogP contribution in [0.4, 0.5) is 0 Å². The van der Waals surface area contributed by atoms with E-state index in [0.717, 1.165) is 82.9 Å². The second kappa shape index (κ2) is 17.7. The molecule has 0 amide bonds. The van der Waals surface area contributed by atoms with E-state index in [9.17, 15) is 10.4 Å². The molecule has 5 aromatic rings. The fourth-order valence-corrected chi connectivity index (χ4v) is 6.98. The number of hydrogen-bond acceptors (Lipinski definition) is 9. The summed E-state index contributed by atoms with van der Waals surface area (Å²) in [7, 11) is 3.93. The van der Waals surface area contributed by atoms with Crippen LogP contribution in [0.2, 0.25) is 5.02 Å². The van der Waals surface area contributed by atoms with E-state index >= 15 is 0 Å². The number of β-amino-alcohol motifs (C(OH)–C–C–N with tert-alkyl or cyclic N) is 1. The normalized spacial score (nSPS) is 14.4. The monoisotopic (exact) mass is 734 g/mol. The molecule has 1 fully saturated rings. The number of pyridine rings is 1. The predicted octanol–water partition coefficient (Wildman–Crippen LogP) is 7.25. The van der Waals surface area contributed by atoms with E-state index in [2.05, 4.69) is 64.1 Å². The van der Waals surface area contributed by atoms with Crippen LogP contribution >= 0.6 is 11.6 Å². The summed E-state index contributed by atoms with van der Waals surface area (Å²) in [4.78, 5) is 8.62. The average molecular weight is 735 g/mol. The van der Waals surface area contributed by atoms with Crippen molar-refractivity contribution >= 4 is 11.6 Å². The van der Waals surface area contributed by atoms with Gasteiger partial charge in [0.05, 0.1) is 29.0 Å². The number of hydrogen-bond donors (Lipinski definition) is 1. The number of halogens is 1. The number of aromatic nitrogens is 3. The van der Waals surface area contributed by atoms with Gasteiger partial charge in [0.1, 0.15) is 36.5 Å². The molecule has 0 aliphatic carbocycles. The van der Waals surface area contributed by atoms with E-state index in [4.69, 9.17) is 25.8 Å². The Kier molecular flexibility index (Phi) is 12.7. The number of nitriles is 1. The van der Waals surface area contributed by atoms with Gasteiger partial charge < -0.3 is 24.2 Å². The molecule has 11 heteroatoms. The molecule has 1 atom stereocenters. The minimum atomic E-state index is -0.202. The van der Waals surface area contributed by atoms with Gasteiger partial charge in [-0.15, -0.1) is 0 Å². The minimum absolute atomic E-state index is 0.202. The fourth-order valence-electron chi connectivity index (χ4n) is 6.74. The second-order valence-electron chi connectivity index (χ2n) is 13.8. The van der Waals surface area contributed by atoms with Crippen LogP contribution in [0.15, 0.2) is 79.3 Å². The van der Waals surface area contributed by atoms with E-state index in [1.165, 1.54) is 6.20 Å². The van der Waals surface area contributed by atoms with Gasteiger partial charge in [-0.05, 0) is 85.8 Å². The first-order valence-corrected chi connectivity index (χ1v) is 18.4. The van der Waals surface area contributed by atoms with Crippen LogP contribution in [-0.4, -0.2) is 69.1 Å². The van der Waals surface area contributed by atoms with Crippen LogP contribution in [0, 0.1) is 25.2 Å². The quantitative estimate of drug-likeness (QED) is 0.105. The molecule has 276 valence electrons. The van der Waals surface area contributed by atoms with E-state index in [0.29, 0.717) is 48.4 Å². The van der Waals surface area contributed by atoms with E-state index in [-0.39, 0.29) is 12.7 Å². The topological polar surface area (TPSA) is 109 Å². The molecule has 0 radical (unpaired) electrons. The summed E-state index contributed by atoms with van der Waals surface area (Å²) in [6.07, 6.45) is 6.72. The van der Waals surface area contributed by atoms with Crippen LogP contribution in [0.3, 0.4) is 0 Å². The zero-order valence-corrected chi connectivity index (χ0v) is 31.6. The molecule has 10 nitrogen and oxygen atoms in total. The average Bonchev–Trinajstić information content (AvgIpc) is 3.76. The molecule has 3 aromatic carbocycles. The Hall–Kier alpha value is -4.92. The Morgan fingerprint density at radius 2 is 1.72 bits per heavy atom. The predicted molar refractivity (Wildman–Crippen MR) is 206 cm³/mol. The first-order chi connectivity index (χ1) is 25.7. The van der Waals surface area contributed by atoms with E-state index in [1.54, 1.807) is 16.9 Å². The molecule has 1 aliphatic heterocycles. The lowest BCUT2D eigenvalue weighted by Gasteiger charge is -2.20. The number of aliphatic hydroxyl groups is 1. The molecule has 53 heavy (non-hydrogen) atoms. The van der Waals surface area contributed by atoms with Crippen molar-refractivity contribution < 1.29 is 19.3 Å². The van der Waals surface area contributed by atoms with Gasteiger partial charge in [-0.2, -0.15) is 10.4 Å². The third kappa shape index (κ3) is 9.95. The molecular formula is C42H47ClN6O4. The van der Waals surface area contributed by atoms with E-state index < -0.39 is 0 Å². The van der Waals surface area contributed by atoms with Crippen molar-refractivity contribution in [3.63, 3.8) is 0 Å². The maximum atomic E-state index is 9.81. The number of likely N-dealkylation sites (tertiary alicyclic amines) is 1. The summed E-state index contributed by atoms with van der Waals surface area (Å²) in [6.45, 7) is 9.23. The molecule has 0 saturated carbocycles. The lowest BCUT2D eigenvalue weighted by molar-refractivity contribution is 0.173. The van der Waals surface area contributed by atoms with Crippen molar-refractivity contribution in [2.24, 2.45) is 7.05 Å². The van der Waals surface area contributed by atoms with Crippen LogP contribution in [0.5, 0.6) is 17.2 Å². The van der Waals surface area contributed by atoms with Crippen molar-refractivity contribution in [1.29, 1.82) is 5.26 Å². The van der Waals surface area contributed by atoms with Gasteiger partial charge in [-0.1, -0.05) is 41.9 Å². The number of aliphatic hydroxyl groups excluding tert-OH is 1. The number of ether oxygens (including phenoxy) is 3. The minimum Gasteiger partial charge on any atom is -0.493 e. The van der Waals surface area contributed by atoms with Crippen LogP contribution < -0.4 is 14.2 Å². The third-order valence-electron chi connectivity index (χ3n) is 9.60. The molecule has 1 aliphatic rings. The zero-order valence-electron chi connectivity index (χ0n) is 30.9. The van der Waals surface area contributed by atoms with Gasteiger partial charge in [0, 0.05) is 75.6 Å². The smallest absolute Gasteiger partial charge is 0.142 e. The molecule has 3 heterocycles. The third-order valence-corrected chi connectivity index (χ3v) is 9.90. The Labute approximate surface area is 317 Å². The second-order valence-corrected chi connectivity index (χ2v) is 14.2. The highest BCUT2D eigenvalue weighted by atomic mass is 35.5. The maximum Gasteiger partial charge on any atom is 0.142 e. The number of benzene rings is 3. The van der Waals surface area contributed by atoms with Crippen LogP contribution in [0.1, 0.15) is 51.9 Å². The lowest BCUT2D eigenvalue weighted by atomic mass is 9.93. The molecule has 1 N–H and O–H groups in total. The van der Waals surface area contributed by atoms with Crippen molar-refractivity contribution in [2.75, 3.05) is 33.3 Å². The number of rotatable bonds is 16. The van der Waals surface area contributed by atoms with Crippen LogP contribution in [0.25, 0.3) is 11.1 Å². The summed E-state index contributed by atoms with van der Waals surface area (Å²) in [6, 6.07) is 22.1. The maximum absolute atomic E-state index is 9.81. The summed E-state index contributed by atoms with van der Waals surface area (Å²) < 4.78 is 20.8. The molecule has 6 rings (SSSR count). The molecule has 0 spiro atoms. The van der Waals surface area contributed by atoms with Gasteiger partial charge in [-0.3, -0.25) is 14.6 Å². The van der Waals surface area contributed by atoms with Gasteiger partial charge in [0.25, 0.3) is 0 Å². The van der Waals surface area contributed by atoms with Gasteiger partial charge in [-0.25, -0.2) is 0 Å². The summed E-state index contributed by atoms with van der Waals surface area (Å²) in [5.41, 5.74) is 8.61. The lowest BCUT2D eigenvalue weighted by Crippen LogP contribution is -2.24. The molecular weight excluding hydrogens is 688 g/mol. The Bertz CT molecular complexity index is 2060. The highest BCUT2D eigenvalue weighted by Crippen LogP contribution is 2.37. The van der Waals surface area contributed by atoms with Crippen molar-refractivity contribution in [3.8, 4) is 34.4 Å². The Morgan fingerprint density at radius 3 is 2.47 bits per heavy atom. The highest BCUT2D eigenvalue weighted by Gasteiger charge is 2.20. The van der Waals surface area contributed by atoms with Gasteiger partial charge >= 0.3 is 0 Å². The summed E-state index contributed by atoms with van der Waals surface area (Å²) in [5.74, 6) is 2.03. The van der Waals surface area contributed by atoms with Gasteiger partial charge in [0.2, 0.25) is 0 Å². The zero-order chi connectivity index (χ0) is 37.3. The van der Waals surface area contributed by atoms with Crippen molar-refractivity contribution in [2.45, 2.75) is 59.1 Å². The first kappa shape index (κ1) is 37.8. The van der Waals surface area contributed by atoms with Crippen LogP contribution in [-0.2, 0) is 33.4 Å². The highest BCUT2D eigenvalue weighted by molar-refractivity contribution is 6.32. The van der Waals surface area contributed by atoms with E-state index in [1.807, 2.05) is 50.6 Å². The fraction of sp³-hybridized carbons (Fsp3) is 0.357. The standard InChI is InChI=1S/C42H47ClN6O4/c1-29-33(8-5-9-37(29)38-10-6-11-40(30(38)2)51-17-7-14-49-16-13-36(50)26-49)28-53-42-20-41(52-27-32-18-31(21-44)22-45-23-32)34(19-39(42)43)24-47(3)25-35-12-15-48(4)46-35/h5-6,8-12,15,18-20,22-23,36,50H,7,13-14,16-17,24-28H2,1-4H3/t36-/m1/s1. The van der Waals surface area contributed by atoms with Gasteiger partial charge in [0.15, 0.2) is 0 Å². The molecule has 0 bridgehead atoms. The summed E-state index contributed by atoms with van der Waals surface area (Å²) in [5, 5.41) is 24.2. The van der Waals surface area contributed by atoms with Crippen molar-refractivity contribution in [1.82, 2.24) is 24.6 Å². The Balaban J connectivity index is 1.17. The van der Waals surface area contributed by atoms with Crippen molar-refractivity contribution in [3.05, 3.63) is 123 Å². The molecule has 2 aromatic heterocycles. The Morgan fingerprint density at radius 1 is 0.925 bits per heavy atom. The molecule has 1 saturated heterocycles. The SMILES string of the molecule is Cc1c(COc2cc(OCc3cncc(C#N)c3)c(CN(C)Cc3ccn(C)n3)cc2Cl)cccc1-c1cccc(OCCCN2CC[C@@H](O)C2)c1C. The largest absolute Gasteiger partial charge is 0.493 e. The first-order valence-electron chi connectivity index (χ1n) is 18.0. The summed E-state index contributed by atoms with van der Waals surface area (Å²) >= 11 is 6.88. The molecule has 0 unspecified atom stereocenters.